The van der Waals surface area contributed by atoms with Crippen LogP contribution in [0.25, 0.3) is 0 Å². The van der Waals surface area contributed by atoms with E-state index in [2.05, 4.69) is 22.9 Å². The van der Waals surface area contributed by atoms with Crippen molar-refractivity contribution in [3.05, 3.63) is 35.6 Å². The summed E-state index contributed by atoms with van der Waals surface area (Å²) in [4.78, 5) is 0. The summed E-state index contributed by atoms with van der Waals surface area (Å²) in [5, 5.41) is 0.841. The van der Waals surface area contributed by atoms with Crippen LogP contribution in [-0.4, -0.2) is 5.33 Å². The highest BCUT2D eigenvalue weighted by molar-refractivity contribution is 9.09. The van der Waals surface area contributed by atoms with Crippen molar-refractivity contribution in [1.82, 2.24) is 0 Å². The number of hydrogen-bond acceptors (Lipinski definition) is 0. The fourth-order valence-corrected chi connectivity index (χ4v) is 2.25. The van der Waals surface area contributed by atoms with Crippen LogP contribution in [0.4, 0.5) is 4.39 Å². The molecule has 0 saturated carbocycles. The summed E-state index contributed by atoms with van der Waals surface area (Å²) in [6, 6.07) is 7.07. The van der Waals surface area contributed by atoms with Gasteiger partial charge in [0, 0.05) is 5.33 Å². The monoisotopic (exact) mass is 258 g/mol. The van der Waals surface area contributed by atoms with Crippen molar-refractivity contribution in [1.29, 1.82) is 0 Å². The lowest BCUT2D eigenvalue weighted by atomic mass is 9.95. The quantitative estimate of drug-likeness (QED) is 0.683. The van der Waals surface area contributed by atoms with E-state index in [9.17, 15) is 4.39 Å². The maximum Gasteiger partial charge on any atom is 0.126 e. The molecule has 14 heavy (non-hydrogen) atoms. The molecule has 1 aromatic rings. The van der Waals surface area contributed by atoms with E-state index in [4.69, 9.17) is 0 Å². The molecule has 0 bridgehead atoms. The van der Waals surface area contributed by atoms with Crippen LogP contribution >= 0.6 is 15.9 Å². The van der Waals surface area contributed by atoms with Gasteiger partial charge in [0.2, 0.25) is 0 Å². The van der Waals surface area contributed by atoms with E-state index in [1.54, 1.807) is 6.07 Å². The standard InChI is InChI=1S/C12H16BrF/c1-2-3-6-10(9-13)11-7-4-5-8-12(11)14/h4-5,7-8,10H,2-3,6,9H2,1H3. The summed E-state index contributed by atoms with van der Waals surface area (Å²) >= 11 is 3.45. The molecule has 0 nitrogen and oxygen atoms in total. The molecule has 0 aliphatic carbocycles. The van der Waals surface area contributed by atoms with Gasteiger partial charge in [-0.3, -0.25) is 0 Å². The molecule has 1 rings (SSSR count). The molecular formula is C12H16BrF. The minimum atomic E-state index is -0.0759. The van der Waals surface area contributed by atoms with Crippen LogP contribution in [0.15, 0.2) is 24.3 Å². The van der Waals surface area contributed by atoms with Crippen LogP contribution in [0, 0.1) is 5.82 Å². The third-order valence-corrected chi connectivity index (χ3v) is 3.22. The highest BCUT2D eigenvalue weighted by Crippen LogP contribution is 2.26. The lowest BCUT2D eigenvalue weighted by Gasteiger charge is -2.14. The van der Waals surface area contributed by atoms with Gasteiger partial charge in [-0.05, 0) is 24.0 Å². The molecule has 78 valence electrons. The van der Waals surface area contributed by atoms with Crippen LogP contribution in [0.3, 0.4) is 0 Å². The van der Waals surface area contributed by atoms with Crippen molar-refractivity contribution < 1.29 is 4.39 Å². The first kappa shape index (κ1) is 11.7. The molecule has 0 aliphatic rings. The van der Waals surface area contributed by atoms with E-state index < -0.39 is 0 Å². The second-order valence-electron chi connectivity index (χ2n) is 3.51. The first-order valence-corrected chi connectivity index (χ1v) is 6.22. The molecule has 0 amide bonds. The number of unbranched alkanes of at least 4 members (excludes halogenated alkanes) is 1. The highest BCUT2D eigenvalue weighted by Gasteiger charge is 2.12. The molecule has 1 unspecified atom stereocenters. The Kier molecular flexibility index (Phi) is 5.16. The van der Waals surface area contributed by atoms with Crippen molar-refractivity contribution in [2.45, 2.75) is 32.1 Å². The molecule has 0 spiro atoms. The molecular weight excluding hydrogens is 243 g/mol. The average Bonchev–Trinajstić information content (AvgIpc) is 2.21. The maximum atomic E-state index is 13.4. The van der Waals surface area contributed by atoms with E-state index in [1.165, 1.54) is 6.07 Å². The summed E-state index contributed by atoms with van der Waals surface area (Å²) in [7, 11) is 0. The third-order valence-electron chi connectivity index (χ3n) is 2.44. The zero-order valence-corrected chi connectivity index (χ0v) is 10.1. The third kappa shape index (κ3) is 3.09. The van der Waals surface area contributed by atoms with Gasteiger partial charge in [0.05, 0.1) is 0 Å². The first-order chi connectivity index (χ1) is 6.79. The van der Waals surface area contributed by atoms with Crippen LogP contribution < -0.4 is 0 Å². The lowest BCUT2D eigenvalue weighted by molar-refractivity contribution is 0.564. The minimum Gasteiger partial charge on any atom is -0.207 e. The Bertz CT molecular complexity index is 273. The fourth-order valence-electron chi connectivity index (χ4n) is 1.57. The summed E-state index contributed by atoms with van der Waals surface area (Å²) < 4.78 is 13.4. The number of hydrogen-bond donors (Lipinski definition) is 0. The van der Waals surface area contributed by atoms with Gasteiger partial charge < -0.3 is 0 Å². The number of halogens is 2. The topological polar surface area (TPSA) is 0 Å². The van der Waals surface area contributed by atoms with Crippen molar-refractivity contribution in [2.75, 3.05) is 5.33 Å². The van der Waals surface area contributed by atoms with Gasteiger partial charge in [-0.2, -0.15) is 0 Å². The lowest BCUT2D eigenvalue weighted by Crippen LogP contribution is -2.02. The predicted octanol–water partition coefficient (Wildman–Crippen LogP) is 4.49. The van der Waals surface area contributed by atoms with Gasteiger partial charge in [0.15, 0.2) is 0 Å². The highest BCUT2D eigenvalue weighted by atomic mass is 79.9. The number of alkyl halides is 1. The molecule has 0 fully saturated rings. The van der Waals surface area contributed by atoms with Crippen molar-refractivity contribution >= 4 is 15.9 Å². The molecule has 1 aromatic carbocycles. The van der Waals surface area contributed by atoms with Gasteiger partial charge in [-0.15, -0.1) is 0 Å². The van der Waals surface area contributed by atoms with Gasteiger partial charge in [0.25, 0.3) is 0 Å². The SMILES string of the molecule is CCCCC(CBr)c1ccccc1F. The first-order valence-electron chi connectivity index (χ1n) is 5.10. The van der Waals surface area contributed by atoms with E-state index in [0.29, 0.717) is 5.92 Å². The van der Waals surface area contributed by atoms with Crippen molar-refractivity contribution in [2.24, 2.45) is 0 Å². The molecule has 0 saturated heterocycles. The Morgan fingerprint density at radius 3 is 2.64 bits per heavy atom. The Balaban J connectivity index is 2.73. The van der Waals surface area contributed by atoms with E-state index in [1.807, 2.05) is 12.1 Å². The van der Waals surface area contributed by atoms with Crippen LogP contribution in [0.5, 0.6) is 0 Å². The second-order valence-corrected chi connectivity index (χ2v) is 4.16. The number of rotatable bonds is 5. The van der Waals surface area contributed by atoms with Gasteiger partial charge >= 0.3 is 0 Å². The molecule has 1 atom stereocenters. The van der Waals surface area contributed by atoms with E-state index in [0.717, 1.165) is 30.2 Å². The minimum absolute atomic E-state index is 0.0759. The van der Waals surface area contributed by atoms with Gasteiger partial charge in [-0.25, -0.2) is 4.39 Å². The second kappa shape index (κ2) is 6.18. The Morgan fingerprint density at radius 1 is 1.36 bits per heavy atom. The maximum absolute atomic E-state index is 13.4. The number of benzene rings is 1. The largest absolute Gasteiger partial charge is 0.207 e. The summed E-state index contributed by atoms with van der Waals surface area (Å²) in [5.41, 5.74) is 0.845. The summed E-state index contributed by atoms with van der Waals surface area (Å²) in [5.74, 6) is 0.240. The Morgan fingerprint density at radius 2 is 2.07 bits per heavy atom. The van der Waals surface area contributed by atoms with E-state index >= 15 is 0 Å². The normalized spacial score (nSPS) is 12.8. The molecule has 0 N–H and O–H groups in total. The predicted molar refractivity (Wildman–Crippen MR) is 62.5 cm³/mol. The van der Waals surface area contributed by atoms with Crippen molar-refractivity contribution in [3.8, 4) is 0 Å². The van der Waals surface area contributed by atoms with E-state index in [-0.39, 0.29) is 5.82 Å². The van der Waals surface area contributed by atoms with Crippen LogP contribution in [-0.2, 0) is 0 Å². The zero-order valence-electron chi connectivity index (χ0n) is 8.47. The van der Waals surface area contributed by atoms with Gasteiger partial charge in [0.1, 0.15) is 5.82 Å². The summed E-state index contributed by atoms with van der Waals surface area (Å²) in [6.45, 7) is 2.16. The fraction of sp³-hybridized carbons (Fsp3) is 0.500. The Labute approximate surface area is 93.7 Å². The molecule has 0 aromatic heterocycles. The Hall–Kier alpha value is -0.370. The van der Waals surface area contributed by atoms with Crippen molar-refractivity contribution in [3.63, 3.8) is 0 Å². The van der Waals surface area contributed by atoms with Gasteiger partial charge in [-0.1, -0.05) is 53.9 Å². The average molecular weight is 259 g/mol. The smallest absolute Gasteiger partial charge is 0.126 e. The molecule has 0 radical (unpaired) electrons. The molecule has 0 heterocycles. The zero-order chi connectivity index (χ0) is 10.4. The molecule has 0 aliphatic heterocycles. The summed E-state index contributed by atoms with van der Waals surface area (Å²) in [6.07, 6.45) is 3.38. The van der Waals surface area contributed by atoms with Crippen LogP contribution in [0.2, 0.25) is 0 Å². The van der Waals surface area contributed by atoms with Crippen LogP contribution in [0.1, 0.15) is 37.7 Å². The molecule has 2 heteroatoms.